The van der Waals surface area contributed by atoms with Gasteiger partial charge in [0, 0.05) is 28.6 Å². The van der Waals surface area contributed by atoms with E-state index in [0.717, 1.165) is 10.9 Å². The number of allylic oxidation sites excluding steroid dienone is 2. The zero-order valence-electron chi connectivity index (χ0n) is 11.8. The smallest absolute Gasteiger partial charge is 0.309 e. The number of carbonyl (C=O) groups excluding carboxylic acids is 2. The Bertz CT molecular complexity index is 714. The number of carbonyl (C=O) groups is 2. The highest BCUT2D eigenvalue weighted by molar-refractivity contribution is 6.10. The number of benzene rings is 1. The van der Waals surface area contributed by atoms with E-state index in [1.54, 1.807) is 6.20 Å². The molecule has 1 heterocycles. The fourth-order valence-corrected chi connectivity index (χ4v) is 2.99. The largest absolute Gasteiger partial charge is 0.469 e. The maximum atomic E-state index is 12.8. The lowest BCUT2D eigenvalue weighted by Crippen LogP contribution is -2.32. The molecule has 2 atom stereocenters. The molecule has 1 aliphatic rings. The predicted molar refractivity (Wildman–Crippen MR) is 80.0 cm³/mol. The lowest BCUT2D eigenvalue weighted by atomic mass is 9.78. The van der Waals surface area contributed by atoms with Crippen molar-refractivity contribution in [3.63, 3.8) is 0 Å². The number of fused-ring (bicyclic) bond motifs is 1. The van der Waals surface area contributed by atoms with Gasteiger partial charge in [-0.25, -0.2) is 0 Å². The van der Waals surface area contributed by atoms with Gasteiger partial charge in [-0.1, -0.05) is 30.4 Å². The second-order valence-corrected chi connectivity index (χ2v) is 5.29. The van der Waals surface area contributed by atoms with Crippen LogP contribution in [-0.4, -0.2) is 23.8 Å². The van der Waals surface area contributed by atoms with Crippen LogP contribution < -0.4 is 0 Å². The number of hydrogen-bond acceptors (Lipinski definition) is 3. The van der Waals surface area contributed by atoms with E-state index in [1.165, 1.54) is 7.11 Å². The molecule has 0 fully saturated rings. The quantitative estimate of drug-likeness (QED) is 0.535. The van der Waals surface area contributed by atoms with Gasteiger partial charge < -0.3 is 9.72 Å². The molecule has 2 aromatic rings. The number of rotatable bonds is 3. The average molecular weight is 283 g/mol. The molecule has 1 aromatic heterocycles. The van der Waals surface area contributed by atoms with Crippen LogP contribution in [-0.2, 0) is 9.53 Å². The minimum Gasteiger partial charge on any atom is -0.469 e. The van der Waals surface area contributed by atoms with Crippen molar-refractivity contribution in [3.8, 4) is 0 Å². The van der Waals surface area contributed by atoms with Crippen molar-refractivity contribution in [1.29, 1.82) is 0 Å². The molecular weight excluding hydrogens is 266 g/mol. The average Bonchev–Trinajstić information content (AvgIpc) is 2.97. The summed E-state index contributed by atoms with van der Waals surface area (Å²) in [4.78, 5) is 27.9. The Hall–Kier alpha value is -2.36. The van der Waals surface area contributed by atoms with Crippen molar-refractivity contribution in [2.24, 2.45) is 11.8 Å². The van der Waals surface area contributed by atoms with Crippen LogP contribution in [0, 0.1) is 11.8 Å². The second kappa shape index (κ2) is 5.56. The van der Waals surface area contributed by atoms with Crippen molar-refractivity contribution >= 4 is 22.7 Å². The highest BCUT2D eigenvalue weighted by atomic mass is 16.5. The first-order valence-electron chi connectivity index (χ1n) is 7.05. The lowest BCUT2D eigenvalue weighted by Gasteiger charge is -2.25. The standard InChI is InChI=1S/C17H17NO3/c1-21-17(20)13-8-3-2-7-12(13)16(19)14-10-18-15-9-5-4-6-11(14)15/h2-6,9-10,12-13,18H,7-8H2,1H3/t12-,13+/m0/s1. The van der Waals surface area contributed by atoms with Crippen molar-refractivity contribution in [1.82, 2.24) is 4.98 Å². The summed E-state index contributed by atoms with van der Waals surface area (Å²) in [6.07, 6.45) is 6.79. The first-order chi connectivity index (χ1) is 10.2. The fourth-order valence-electron chi connectivity index (χ4n) is 2.99. The van der Waals surface area contributed by atoms with Crippen LogP contribution in [0.5, 0.6) is 0 Å². The van der Waals surface area contributed by atoms with E-state index >= 15 is 0 Å². The number of ketones is 1. The number of hydrogen-bond donors (Lipinski definition) is 1. The Kier molecular flexibility index (Phi) is 3.60. The van der Waals surface area contributed by atoms with E-state index < -0.39 is 0 Å². The molecule has 1 aromatic carbocycles. The zero-order chi connectivity index (χ0) is 14.8. The Morgan fingerprint density at radius 1 is 1.14 bits per heavy atom. The zero-order valence-corrected chi connectivity index (χ0v) is 11.8. The van der Waals surface area contributed by atoms with E-state index in [9.17, 15) is 9.59 Å². The summed E-state index contributed by atoms with van der Waals surface area (Å²) in [5.74, 6) is -1.03. The van der Waals surface area contributed by atoms with Crippen molar-refractivity contribution in [2.75, 3.05) is 7.11 Å². The third-order valence-electron chi connectivity index (χ3n) is 4.13. The maximum absolute atomic E-state index is 12.8. The Labute approximate surface area is 122 Å². The van der Waals surface area contributed by atoms with Gasteiger partial charge in [-0.2, -0.15) is 0 Å². The Balaban J connectivity index is 1.96. The van der Waals surface area contributed by atoms with Gasteiger partial charge >= 0.3 is 5.97 Å². The molecule has 1 aliphatic carbocycles. The number of methoxy groups -OCH3 is 1. The highest BCUT2D eigenvalue weighted by Crippen LogP contribution is 2.31. The van der Waals surface area contributed by atoms with Crippen LogP contribution in [0.15, 0.2) is 42.6 Å². The minimum absolute atomic E-state index is 0.00667. The molecule has 4 nitrogen and oxygen atoms in total. The van der Waals surface area contributed by atoms with Crippen molar-refractivity contribution in [3.05, 3.63) is 48.2 Å². The number of Topliss-reactive ketones (excluding diaryl/α,β-unsaturated/α-hetero) is 1. The van der Waals surface area contributed by atoms with Crippen LogP contribution in [0.4, 0.5) is 0 Å². The summed E-state index contributed by atoms with van der Waals surface area (Å²) < 4.78 is 4.84. The normalized spacial score (nSPS) is 21.4. The molecule has 0 radical (unpaired) electrons. The fraction of sp³-hybridized carbons (Fsp3) is 0.294. The molecule has 0 saturated carbocycles. The van der Waals surface area contributed by atoms with Gasteiger partial charge in [0.2, 0.25) is 0 Å². The van der Waals surface area contributed by atoms with Gasteiger partial charge in [0.1, 0.15) is 0 Å². The van der Waals surface area contributed by atoms with Crippen molar-refractivity contribution in [2.45, 2.75) is 12.8 Å². The van der Waals surface area contributed by atoms with Gasteiger partial charge in [0.05, 0.1) is 13.0 Å². The van der Waals surface area contributed by atoms with E-state index in [-0.39, 0.29) is 23.6 Å². The first kappa shape index (κ1) is 13.6. The first-order valence-corrected chi connectivity index (χ1v) is 7.05. The van der Waals surface area contributed by atoms with Gasteiger partial charge in [-0.3, -0.25) is 9.59 Å². The Morgan fingerprint density at radius 2 is 1.86 bits per heavy atom. The SMILES string of the molecule is COC(=O)[C@@H]1CC=CC[C@@H]1C(=O)c1c[nH]c2ccccc12. The number of esters is 1. The summed E-state index contributed by atoms with van der Waals surface area (Å²) in [5.41, 5.74) is 1.58. The number of para-hydroxylation sites is 1. The Morgan fingerprint density at radius 3 is 2.62 bits per heavy atom. The van der Waals surface area contributed by atoms with Crippen molar-refractivity contribution < 1.29 is 14.3 Å². The highest BCUT2D eigenvalue weighted by Gasteiger charge is 2.35. The van der Waals surface area contributed by atoms with E-state index in [2.05, 4.69) is 4.98 Å². The number of H-pyrrole nitrogens is 1. The molecule has 21 heavy (non-hydrogen) atoms. The number of nitrogens with one attached hydrogen (secondary N) is 1. The molecule has 4 heteroatoms. The summed E-state index contributed by atoms with van der Waals surface area (Å²) in [6, 6.07) is 7.69. The molecule has 0 bridgehead atoms. The molecule has 0 aliphatic heterocycles. The lowest BCUT2D eigenvalue weighted by molar-refractivity contribution is -0.146. The molecule has 3 rings (SSSR count). The van der Waals surface area contributed by atoms with Crippen LogP contribution in [0.2, 0.25) is 0 Å². The summed E-state index contributed by atoms with van der Waals surface area (Å²) in [5, 5.41) is 0.903. The second-order valence-electron chi connectivity index (χ2n) is 5.29. The van der Waals surface area contributed by atoms with Gasteiger partial charge in [-0.15, -0.1) is 0 Å². The molecule has 0 unspecified atom stereocenters. The molecule has 108 valence electrons. The predicted octanol–water partition coefficient (Wildman–Crippen LogP) is 3.11. The van der Waals surface area contributed by atoms with E-state index in [4.69, 9.17) is 4.74 Å². The third kappa shape index (κ3) is 2.37. The van der Waals surface area contributed by atoms with Gasteiger partial charge in [-0.05, 0) is 18.9 Å². The summed E-state index contributed by atoms with van der Waals surface area (Å²) in [7, 11) is 1.37. The number of aromatic nitrogens is 1. The molecule has 1 N–H and O–H groups in total. The van der Waals surface area contributed by atoms with Crippen LogP contribution >= 0.6 is 0 Å². The monoisotopic (exact) mass is 283 g/mol. The maximum Gasteiger partial charge on any atom is 0.309 e. The molecule has 0 spiro atoms. The molecular formula is C17H17NO3. The van der Waals surface area contributed by atoms with Crippen LogP contribution in [0.1, 0.15) is 23.2 Å². The van der Waals surface area contributed by atoms with E-state index in [0.29, 0.717) is 18.4 Å². The molecule has 0 saturated heterocycles. The number of aromatic amines is 1. The number of ether oxygens (including phenoxy) is 1. The summed E-state index contributed by atoms with van der Waals surface area (Å²) in [6.45, 7) is 0. The van der Waals surface area contributed by atoms with Crippen LogP contribution in [0.3, 0.4) is 0 Å². The molecule has 0 amide bonds. The van der Waals surface area contributed by atoms with Gasteiger partial charge in [0.15, 0.2) is 5.78 Å². The van der Waals surface area contributed by atoms with E-state index in [1.807, 2.05) is 36.4 Å². The van der Waals surface area contributed by atoms with Gasteiger partial charge in [0.25, 0.3) is 0 Å². The van der Waals surface area contributed by atoms with Crippen LogP contribution in [0.25, 0.3) is 10.9 Å². The third-order valence-corrected chi connectivity index (χ3v) is 4.13. The topological polar surface area (TPSA) is 59.2 Å². The summed E-state index contributed by atoms with van der Waals surface area (Å²) >= 11 is 0. The minimum atomic E-state index is -0.388.